The van der Waals surface area contributed by atoms with E-state index in [0.717, 1.165) is 18.6 Å². The molecule has 0 bridgehead atoms. The Morgan fingerprint density at radius 1 is 1.53 bits per heavy atom. The van der Waals surface area contributed by atoms with Gasteiger partial charge in [-0.3, -0.25) is 4.79 Å². The maximum Gasteiger partial charge on any atom is 0.246 e. The zero-order chi connectivity index (χ0) is 12.1. The van der Waals surface area contributed by atoms with Crippen molar-refractivity contribution in [2.24, 2.45) is 0 Å². The van der Waals surface area contributed by atoms with E-state index in [1.54, 1.807) is 18.4 Å². The number of rotatable bonds is 4. The highest BCUT2D eigenvalue weighted by molar-refractivity contribution is 5.87. The van der Waals surface area contributed by atoms with Crippen LogP contribution in [-0.2, 0) is 11.3 Å². The summed E-state index contributed by atoms with van der Waals surface area (Å²) in [5.74, 6) is 0.950. The van der Waals surface area contributed by atoms with Crippen LogP contribution in [0.4, 0.5) is 0 Å². The second-order valence-corrected chi connectivity index (χ2v) is 4.48. The van der Waals surface area contributed by atoms with E-state index in [9.17, 15) is 4.79 Å². The van der Waals surface area contributed by atoms with Crippen LogP contribution < -0.4 is 0 Å². The Morgan fingerprint density at radius 3 is 2.88 bits per heavy atom. The van der Waals surface area contributed by atoms with Crippen molar-refractivity contribution in [3.05, 3.63) is 36.3 Å². The molecule has 0 unspecified atom stereocenters. The maximum atomic E-state index is 12.1. The average Bonchev–Trinajstić information content (AvgIpc) is 2.99. The van der Waals surface area contributed by atoms with Crippen molar-refractivity contribution >= 4 is 5.91 Å². The first-order valence-corrected chi connectivity index (χ1v) is 6.27. The second kappa shape index (κ2) is 5.71. The summed E-state index contributed by atoms with van der Waals surface area (Å²) in [7, 11) is 0. The number of amides is 1. The lowest BCUT2D eigenvalue weighted by molar-refractivity contribution is -0.129. The highest BCUT2D eigenvalue weighted by Crippen LogP contribution is 2.25. The Labute approximate surface area is 102 Å². The highest BCUT2D eigenvalue weighted by atomic mass is 16.3. The summed E-state index contributed by atoms with van der Waals surface area (Å²) in [4.78, 5) is 14.0. The molecule has 0 atom stereocenters. The molecule has 1 aromatic rings. The Morgan fingerprint density at radius 2 is 2.29 bits per heavy atom. The van der Waals surface area contributed by atoms with Gasteiger partial charge in [-0.25, -0.2) is 0 Å². The largest absolute Gasteiger partial charge is 0.467 e. The Hall–Kier alpha value is -1.51. The summed E-state index contributed by atoms with van der Waals surface area (Å²) in [6, 6.07) is 4.16. The van der Waals surface area contributed by atoms with Crippen molar-refractivity contribution in [2.45, 2.75) is 45.2 Å². The molecule has 1 amide bonds. The van der Waals surface area contributed by atoms with Crippen molar-refractivity contribution in [3.8, 4) is 0 Å². The molecular weight excluding hydrogens is 214 g/mol. The number of hydrogen-bond donors (Lipinski definition) is 0. The fourth-order valence-corrected chi connectivity index (χ4v) is 2.41. The van der Waals surface area contributed by atoms with Crippen LogP contribution in [0.25, 0.3) is 0 Å². The molecule has 1 saturated carbocycles. The van der Waals surface area contributed by atoms with Crippen molar-refractivity contribution < 1.29 is 9.21 Å². The van der Waals surface area contributed by atoms with Gasteiger partial charge in [-0.05, 0) is 38.0 Å². The van der Waals surface area contributed by atoms with Gasteiger partial charge in [0.2, 0.25) is 5.91 Å². The quantitative estimate of drug-likeness (QED) is 0.749. The van der Waals surface area contributed by atoms with E-state index in [4.69, 9.17) is 4.42 Å². The van der Waals surface area contributed by atoms with Crippen molar-refractivity contribution in [1.29, 1.82) is 0 Å². The lowest BCUT2D eigenvalue weighted by atomic mass is 10.2. The van der Waals surface area contributed by atoms with Crippen LogP contribution in [0.5, 0.6) is 0 Å². The molecule has 1 aromatic heterocycles. The van der Waals surface area contributed by atoms with Crippen molar-refractivity contribution in [3.63, 3.8) is 0 Å². The lowest BCUT2D eigenvalue weighted by Crippen LogP contribution is -2.37. The Kier molecular flexibility index (Phi) is 4.02. The third-order valence-electron chi connectivity index (χ3n) is 3.26. The van der Waals surface area contributed by atoms with Gasteiger partial charge in [0, 0.05) is 6.04 Å². The molecule has 2 rings (SSSR count). The monoisotopic (exact) mass is 233 g/mol. The number of furan rings is 1. The molecule has 0 saturated heterocycles. The number of nitrogens with zero attached hydrogens (tertiary/aromatic N) is 1. The lowest BCUT2D eigenvalue weighted by Gasteiger charge is -2.27. The highest BCUT2D eigenvalue weighted by Gasteiger charge is 2.25. The van der Waals surface area contributed by atoms with E-state index >= 15 is 0 Å². The first-order chi connectivity index (χ1) is 8.31. The first kappa shape index (κ1) is 12.0. The van der Waals surface area contributed by atoms with E-state index in [1.165, 1.54) is 12.8 Å². The summed E-state index contributed by atoms with van der Waals surface area (Å²) >= 11 is 0. The molecule has 0 spiro atoms. The SMILES string of the molecule is CC=CC(=O)N(Cc1ccco1)C1CCCC1. The predicted octanol–water partition coefficient (Wildman–Crippen LogP) is 3.13. The third-order valence-corrected chi connectivity index (χ3v) is 3.26. The fourth-order valence-electron chi connectivity index (χ4n) is 2.41. The zero-order valence-electron chi connectivity index (χ0n) is 10.3. The normalized spacial score (nSPS) is 16.8. The average molecular weight is 233 g/mol. The van der Waals surface area contributed by atoms with Crippen molar-refractivity contribution in [2.75, 3.05) is 0 Å². The molecule has 17 heavy (non-hydrogen) atoms. The maximum absolute atomic E-state index is 12.1. The Bertz CT molecular complexity index is 375. The fraction of sp³-hybridized carbons (Fsp3) is 0.500. The van der Waals surface area contributed by atoms with E-state index in [0.29, 0.717) is 12.6 Å². The molecule has 3 nitrogen and oxygen atoms in total. The van der Waals surface area contributed by atoms with Gasteiger partial charge in [0.05, 0.1) is 12.8 Å². The van der Waals surface area contributed by atoms with Crippen LogP contribution in [0.15, 0.2) is 35.0 Å². The van der Waals surface area contributed by atoms with Gasteiger partial charge in [-0.2, -0.15) is 0 Å². The second-order valence-electron chi connectivity index (χ2n) is 4.48. The molecule has 1 aliphatic rings. The van der Waals surface area contributed by atoms with Crippen LogP contribution in [0.3, 0.4) is 0 Å². The molecular formula is C14H19NO2. The molecule has 0 aliphatic heterocycles. The zero-order valence-corrected chi connectivity index (χ0v) is 10.3. The van der Waals surface area contributed by atoms with Crippen LogP contribution in [0, 0.1) is 0 Å². The van der Waals surface area contributed by atoms with Gasteiger partial charge in [-0.15, -0.1) is 0 Å². The first-order valence-electron chi connectivity index (χ1n) is 6.27. The van der Waals surface area contributed by atoms with E-state index in [-0.39, 0.29) is 5.91 Å². The summed E-state index contributed by atoms with van der Waals surface area (Å²) in [5, 5.41) is 0. The van der Waals surface area contributed by atoms with Gasteiger partial charge in [0.25, 0.3) is 0 Å². The third kappa shape index (κ3) is 2.99. The van der Waals surface area contributed by atoms with Gasteiger partial charge in [-0.1, -0.05) is 18.9 Å². The molecule has 1 heterocycles. The van der Waals surface area contributed by atoms with Crippen LogP contribution in [0.2, 0.25) is 0 Å². The molecule has 0 aromatic carbocycles. The van der Waals surface area contributed by atoms with Gasteiger partial charge in [0.1, 0.15) is 5.76 Å². The van der Waals surface area contributed by atoms with Gasteiger partial charge >= 0.3 is 0 Å². The number of carbonyl (C=O) groups excluding carboxylic acids is 1. The molecule has 3 heteroatoms. The van der Waals surface area contributed by atoms with Crippen molar-refractivity contribution in [1.82, 2.24) is 4.90 Å². The smallest absolute Gasteiger partial charge is 0.246 e. The van der Waals surface area contributed by atoms with E-state index in [1.807, 2.05) is 24.0 Å². The van der Waals surface area contributed by atoms with Gasteiger partial charge < -0.3 is 9.32 Å². The summed E-state index contributed by atoms with van der Waals surface area (Å²) in [6.07, 6.45) is 9.77. The van der Waals surface area contributed by atoms with Gasteiger partial charge in [0.15, 0.2) is 0 Å². The van der Waals surface area contributed by atoms with Crippen LogP contribution in [-0.4, -0.2) is 16.8 Å². The number of carbonyl (C=O) groups is 1. The number of hydrogen-bond acceptors (Lipinski definition) is 2. The minimum Gasteiger partial charge on any atom is -0.467 e. The molecule has 1 aliphatic carbocycles. The van der Waals surface area contributed by atoms with E-state index < -0.39 is 0 Å². The summed E-state index contributed by atoms with van der Waals surface area (Å²) < 4.78 is 5.33. The molecule has 0 N–H and O–H groups in total. The van der Waals surface area contributed by atoms with E-state index in [2.05, 4.69) is 0 Å². The van der Waals surface area contributed by atoms with Crippen LogP contribution >= 0.6 is 0 Å². The Balaban J connectivity index is 2.08. The standard InChI is InChI=1S/C14H19NO2/c1-2-6-14(16)15(12-7-3-4-8-12)11-13-9-5-10-17-13/h2,5-6,9-10,12H,3-4,7-8,11H2,1H3. The number of allylic oxidation sites excluding steroid dienone is 1. The summed E-state index contributed by atoms with van der Waals surface area (Å²) in [6.45, 7) is 2.46. The van der Waals surface area contributed by atoms with Crippen LogP contribution in [0.1, 0.15) is 38.4 Å². The minimum absolute atomic E-state index is 0.0933. The predicted molar refractivity (Wildman–Crippen MR) is 66.3 cm³/mol. The molecule has 1 fully saturated rings. The molecule has 92 valence electrons. The molecule has 0 radical (unpaired) electrons. The topological polar surface area (TPSA) is 33.5 Å². The minimum atomic E-state index is 0.0933. The summed E-state index contributed by atoms with van der Waals surface area (Å²) in [5.41, 5.74) is 0.